The van der Waals surface area contributed by atoms with E-state index in [1.165, 1.54) is 12.8 Å². The van der Waals surface area contributed by atoms with Gasteiger partial charge in [-0.25, -0.2) is 14.8 Å². The lowest BCUT2D eigenvalue weighted by Crippen LogP contribution is -2.49. The Balaban J connectivity index is 1.36. The number of hydrogen-bond acceptors (Lipinski definition) is 4. The van der Waals surface area contributed by atoms with Crippen molar-refractivity contribution in [3.63, 3.8) is 0 Å². The molecule has 0 radical (unpaired) electrons. The van der Waals surface area contributed by atoms with Crippen LogP contribution in [-0.2, 0) is 0 Å². The molecule has 7 heteroatoms. The first-order valence-corrected chi connectivity index (χ1v) is 9.44. The third-order valence-corrected chi connectivity index (χ3v) is 5.23. The van der Waals surface area contributed by atoms with Gasteiger partial charge in [-0.2, -0.15) is 0 Å². The Morgan fingerprint density at radius 3 is 2.58 bits per heavy atom. The molecule has 0 atom stereocenters. The van der Waals surface area contributed by atoms with Crippen molar-refractivity contribution in [3.8, 4) is 0 Å². The van der Waals surface area contributed by atoms with Crippen LogP contribution in [0, 0.1) is 0 Å². The number of carbonyl (C=O) groups excluding carboxylic acids is 1. The number of halogens is 1. The SMILES string of the molecule is O=C(Nc1cccc(Cl)c1)N1CCC(N(c2ccncn2)C2CC2)CC1. The second-order valence-corrected chi connectivity index (χ2v) is 7.30. The van der Waals surface area contributed by atoms with E-state index in [-0.39, 0.29) is 6.03 Å². The van der Waals surface area contributed by atoms with E-state index in [0.717, 1.165) is 37.4 Å². The lowest BCUT2D eigenvalue weighted by Gasteiger charge is -2.39. The molecule has 136 valence electrons. The van der Waals surface area contributed by atoms with Gasteiger partial charge in [-0.3, -0.25) is 0 Å². The highest BCUT2D eigenvalue weighted by atomic mass is 35.5. The largest absolute Gasteiger partial charge is 0.350 e. The van der Waals surface area contributed by atoms with Gasteiger partial charge < -0.3 is 15.1 Å². The van der Waals surface area contributed by atoms with Crippen LogP contribution < -0.4 is 10.2 Å². The summed E-state index contributed by atoms with van der Waals surface area (Å²) in [5.74, 6) is 1.00. The van der Waals surface area contributed by atoms with Crippen molar-refractivity contribution in [3.05, 3.63) is 47.9 Å². The monoisotopic (exact) mass is 371 g/mol. The van der Waals surface area contributed by atoms with Gasteiger partial charge in [-0.1, -0.05) is 17.7 Å². The average molecular weight is 372 g/mol. The topological polar surface area (TPSA) is 61.4 Å². The van der Waals surface area contributed by atoms with Crippen LogP contribution in [0.3, 0.4) is 0 Å². The number of benzene rings is 1. The predicted molar refractivity (Wildman–Crippen MR) is 103 cm³/mol. The molecular weight excluding hydrogens is 350 g/mol. The van der Waals surface area contributed by atoms with Gasteiger partial charge >= 0.3 is 6.03 Å². The number of likely N-dealkylation sites (tertiary alicyclic amines) is 1. The lowest BCUT2D eigenvalue weighted by atomic mass is 10.0. The second kappa shape index (κ2) is 7.50. The molecule has 1 saturated carbocycles. The number of rotatable bonds is 4. The molecular formula is C19H22ClN5O. The van der Waals surface area contributed by atoms with Gasteiger partial charge in [0.2, 0.25) is 0 Å². The first kappa shape index (κ1) is 17.1. The summed E-state index contributed by atoms with van der Waals surface area (Å²) >= 11 is 5.98. The normalized spacial score (nSPS) is 17.8. The number of nitrogens with zero attached hydrogens (tertiary/aromatic N) is 4. The highest BCUT2D eigenvalue weighted by Crippen LogP contribution is 2.35. The van der Waals surface area contributed by atoms with Gasteiger partial charge in [-0.05, 0) is 49.9 Å². The summed E-state index contributed by atoms with van der Waals surface area (Å²) in [5.41, 5.74) is 0.727. The van der Waals surface area contributed by atoms with E-state index in [0.29, 0.717) is 17.1 Å². The Hall–Kier alpha value is -2.34. The van der Waals surface area contributed by atoms with Gasteiger partial charge in [0, 0.05) is 42.1 Å². The minimum atomic E-state index is -0.0641. The average Bonchev–Trinajstić information content (AvgIpc) is 3.48. The smallest absolute Gasteiger partial charge is 0.321 e. The fourth-order valence-electron chi connectivity index (χ4n) is 3.58. The number of amides is 2. The molecule has 1 aliphatic carbocycles. The van der Waals surface area contributed by atoms with Crippen LogP contribution in [-0.4, -0.2) is 46.1 Å². The highest BCUT2D eigenvalue weighted by Gasteiger charge is 2.37. The number of aromatic nitrogens is 2. The number of piperidine rings is 1. The second-order valence-electron chi connectivity index (χ2n) is 6.86. The van der Waals surface area contributed by atoms with E-state index in [1.807, 2.05) is 23.1 Å². The van der Waals surface area contributed by atoms with Crippen molar-refractivity contribution in [2.24, 2.45) is 0 Å². The number of anilines is 2. The molecule has 4 rings (SSSR count). The quantitative estimate of drug-likeness (QED) is 0.888. The van der Waals surface area contributed by atoms with Crippen molar-refractivity contribution in [2.45, 2.75) is 37.8 Å². The van der Waals surface area contributed by atoms with E-state index in [2.05, 4.69) is 20.2 Å². The Bertz CT molecular complexity index is 760. The molecule has 1 aromatic carbocycles. The molecule has 6 nitrogen and oxygen atoms in total. The third-order valence-electron chi connectivity index (χ3n) is 4.99. The molecule has 1 N–H and O–H groups in total. The van der Waals surface area contributed by atoms with Gasteiger partial charge in [-0.15, -0.1) is 0 Å². The molecule has 2 fully saturated rings. The summed E-state index contributed by atoms with van der Waals surface area (Å²) in [6.07, 6.45) is 7.75. The third kappa shape index (κ3) is 3.90. The molecule has 2 heterocycles. The summed E-state index contributed by atoms with van der Waals surface area (Å²) < 4.78 is 0. The predicted octanol–water partition coefficient (Wildman–Crippen LogP) is 3.80. The van der Waals surface area contributed by atoms with Crippen molar-refractivity contribution in [2.75, 3.05) is 23.3 Å². The maximum atomic E-state index is 12.5. The fourth-order valence-corrected chi connectivity index (χ4v) is 3.77. The summed E-state index contributed by atoms with van der Waals surface area (Å²) in [4.78, 5) is 25.3. The first-order valence-electron chi connectivity index (χ1n) is 9.06. The molecule has 2 aromatic rings. The van der Waals surface area contributed by atoms with Crippen molar-refractivity contribution in [1.29, 1.82) is 0 Å². The maximum absolute atomic E-state index is 12.5. The summed E-state index contributed by atoms with van der Waals surface area (Å²) in [6.45, 7) is 1.48. The number of urea groups is 1. The molecule has 26 heavy (non-hydrogen) atoms. The molecule has 1 saturated heterocycles. The van der Waals surface area contributed by atoms with Crippen LogP contribution in [0.1, 0.15) is 25.7 Å². The zero-order valence-electron chi connectivity index (χ0n) is 14.5. The van der Waals surface area contributed by atoms with E-state index in [1.54, 1.807) is 24.7 Å². The van der Waals surface area contributed by atoms with Gasteiger partial charge in [0.25, 0.3) is 0 Å². The Kier molecular flexibility index (Phi) is 4.93. The number of carbonyl (C=O) groups is 1. The van der Waals surface area contributed by atoms with Gasteiger partial charge in [0.1, 0.15) is 12.1 Å². The van der Waals surface area contributed by atoms with E-state index < -0.39 is 0 Å². The zero-order chi connectivity index (χ0) is 17.9. The van der Waals surface area contributed by atoms with Crippen LogP contribution in [0.15, 0.2) is 42.9 Å². The van der Waals surface area contributed by atoms with Crippen molar-refractivity contribution in [1.82, 2.24) is 14.9 Å². The van der Waals surface area contributed by atoms with Crippen LogP contribution in [0.25, 0.3) is 0 Å². The molecule has 2 amide bonds. The molecule has 0 unspecified atom stereocenters. The number of nitrogens with one attached hydrogen (secondary N) is 1. The fraction of sp³-hybridized carbons (Fsp3) is 0.421. The van der Waals surface area contributed by atoms with E-state index >= 15 is 0 Å². The minimum absolute atomic E-state index is 0.0641. The maximum Gasteiger partial charge on any atom is 0.321 e. The van der Waals surface area contributed by atoms with Crippen molar-refractivity contribution >= 4 is 29.1 Å². The minimum Gasteiger partial charge on any atom is -0.350 e. The number of hydrogen-bond donors (Lipinski definition) is 1. The molecule has 1 aromatic heterocycles. The summed E-state index contributed by atoms with van der Waals surface area (Å²) in [7, 11) is 0. The zero-order valence-corrected chi connectivity index (χ0v) is 15.3. The molecule has 1 aliphatic heterocycles. The molecule has 0 spiro atoms. The van der Waals surface area contributed by atoms with Crippen LogP contribution in [0.2, 0.25) is 5.02 Å². The first-order chi connectivity index (χ1) is 12.7. The lowest BCUT2D eigenvalue weighted by molar-refractivity contribution is 0.193. The van der Waals surface area contributed by atoms with Crippen LogP contribution in [0.5, 0.6) is 0 Å². The van der Waals surface area contributed by atoms with E-state index in [4.69, 9.17) is 11.6 Å². The Morgan fingerprint density at radius 2 is 1.92 bits per heavy atom. The molecule has 0 bridgehead atoms. The standard InChI is InChI=1S/C19H22ClN5O/c20-14-2-1-3-15(12-14)23-19(26)24-10-7-17(8-11-24)25(16-4-5-16)18-6-9-21-13-22-18/h1-3,6,9,12-13,16-17H,4-5,7-8,10-11H2,(H,23,26). The highest BCUT2D eigenvalue weighted by molar-refractivity contribution is 6.30. The van der Waals surface area contributed by atoms with Gasteiger partial charge in [0.15, 0.2) is 0 Å². The molecule has 2 aliphatic rings. The van der Waals surface area contributed by atoms with E-state index in [9.17, 15) is 4.79 Å². The van der Waals surface area contributed by atoms with Crippen LogP contribution in [0.4, 0.5) is 16.3 Å². The Labute approximate surface area is 158 Å². The summed E-state index contributed by atoms with van der Waals surface area (Å²) in [5, 5.41) is 3.55. The van der Waals surface area contributed by atoms with Gasteiger partial charge in [0.05, 0.1) is 0 Å². The Morgan fingerprint density at radius 1 is 1.15 bits per heavy atom. The van der Waals surface area contributed by atoms with Crippen molar-refractivity contribution < 1.29 is 4.79 Å². The van der Waals surface area contributed by atoms with Crippen LogP contribution >= 0.6 is 11.6 Å². The summed E-state index contributed by atoms with van der Waals surface area (Å²) in [6, 6.07) is 10.2.